The molecule has 18 heavy (non-hydrogen) atoms. The molecule has 1 aromatic heterocycles. The quantitative estimate of drug-likeness (QED) is 0.901. The third kappa shape index (κ3) is 2.89. The fourth-order valence-electron chi connectivity index (χ4n) is 1.81. The van der Waals surface area contributed by atoms with Crippen LogP contribution in [-0.4, -0.2) is 18.1 Å². The van der Waals surface area contributed by atoms with Gasteiger partial charge in [-0.2, -0.15) is 0 Å². The second-order valence-corrected chi connectivity index (χ2v) is 5.02. The summed E-state index contributed by atoms with van der Waals surface area (Å²) in [5.41, 5.74) is 8.83. The molecule has 3 nitrogen and oxygen atoms in total. The van der Waals surface area contributed by atoms with Crippen LogP contribution in [0.1, 0.15) is 17.5 Å². The van der Waals surface area contributed by atoms with Crippen molar-refractivity contribution in [2.75, 3.05) is 13.2 Å². The van der Waals surface area contributed by atoms with Gasteiger partial charge in [-0.15, -0.1) is 11.3 Å². The van der Waals surface area contributed by atoms with E-state index in [1.807, 2.05) is 13.0 Å². The number of thiazole rings is 1. The number of hydrogen-bond acceptors (Lipinski definition) is 4. The van der Waals surface area contributed by atoms with E-state index >= 15 is 0 Å². The smallest absolute Gasteiger partial charge is 0.122 e. The van der Waals surface area contributed by atoms with Gasteiger partial charge in [-0.3, -0.25) is 0 Å². The van der Waals surface area contributed by atoms with Crippen LogP contribution >= 0.6 is 11.3 Å². The summed E-state index contributed by atoms with van der Waals surface area (Å²) >= 11 is 1.67. The molecule has 2 rings (SSSR count). The molecule has 4 heteroatoms. The first kappa shape index (κ1) is 13.1. The minimum Gasteiger partial charge on any atom is -0.494 e. The fraction of sp³-hybridized carbons (Fsp3) is 0.357. The monoisotopic (exact) mass is 262 g/mol. The predicted octanol–water partition coefficient (Wildman–Crippen LogP) is 3.02. The molecule has 0 aliphatic rings. The first-order chi connectivity index (χ1) is 8.74. The number of ether oxygens (including phenoxy) is 1. The van der Waals surface area contributed by atoms with Crippen molar-refractivity contribution in [2.24, 2.45) is 5.73 Å². The Morgan fingerprint density at radius 2 is 2.22 bits per heavy atom. The van der Waals surface area contributed by atoms with Gasteiger partial charge in [0.15, 0.2) is 0 Å². The van der Waals surface area contributed by atoms with Gasteiger partial charge in [0.25, 0.3) is 0 Å². The van der Waals surface area contributed by atoms with Gasteiger partial charge in [0.05, 0.1) is 17.3 Å². The second-order valence-electron chi connectivity index (χ2n) is 4.08. The number of nitrogens with two attached hydrogens (primary N) is 1. The van der Waals surface area contributed by atoms with Crippen LogP contribution in [0.2, 0.25) is 0 Å². The van der Waals surface area contributed by atoms with E-state index in [1.165, 1.54) is 0 Å². The van der Waals surface area contributed by atoms with Crippen molar-refractivity contribution in [3.8, 4) is 17.0 Å². The van der Waals surface area contributed by atoms with Gasteiger partial charge in [0.2, 0.25) is 0 Å². The van der Waals surface area contributed by atoms with Crippen LogP contribution in [-0.2, 0) is 6.42 Å². The summed E-state index contributed by atoms with van der Waals surface area (Å²) in [5, 5.41) is 3.18. The molecule has 0 saturated carbocycles. The zero-order valence-electron chi connectivity index (χ0n) is 10.8. The molecule has 0 amide bonds. The Morgan fingerprint density at radius 1 is 1.39 bits per heavy atom. The average molecular weight is 262 g/mol. The molecule has 0 atom stereocenters. The number of aryl methyl sites for hydroxylation is 1. The normalized spacial score (nSPS) is 10.6. The van der Waals surface area contributed by atoms with E-state index in [9.17, 15) is 0 Å². The van der Waals surface area contributed by atoms with Crippen molar-refractivity contribution in [1.29, 1.82) is 0 Å². The average Bonchev–Trinajstić information content (AvgIpc) is 2.81. The molecule has 2 aromatic rings. The van der Waals surface area contributed by atoms with Crippen molar-refractivity contribution < 1.29 is 4.74 Å². The van der Waals surface area contributed by atoms with Gasteiger partial charge in [-0.1, -0.05) is 0 Å². The van der Waals surface area contributed by atoms with Crippen molar-refractivity contribution in [3.63, 3.8) is 0 Å². The summed E-state index contributed by atoms with van der Waals surface area (Å²) in [6, 6.07) is 6.18. The molecular weight excluding hydrogens is 244 g/mol. The van der Waals surface area contributed by atoms with Crippen LogP contribution in [0.25, 0.3) is 11.3 Å². The van der Waals surface area contributed by atoms with E-state index in [1.54, 1.807) is 11.3 Å². The third-order valence-electron chi connectivity index (χ3n) is 2.68. The van der Waals surface area contributed by atoms with E-state index < -0.39 is 0 Å². The molecule has 0 aliphatic carbocycles. The Morgan fingerprint density at radius 3 is 2.89 bits per heavy atom. The van der Waals surface area contributed by atoms with Gasteiger partial charge in [-0.05, 0) is 44.2 Å². The highest BCUT2D eigenvalue weighted by Gasteiger charge is 2.06. The van der Waals surface area contributed by atoms with Crippen LogP contribution in [0.3, 0.4) is 0 Å². The Hall–Kier alpha value is -1.39. The molecule has 0 unspecified atom stereocenters. The molecule has 96 valence electrons. The Bertz CT molecular complexity index is 522. The highest BCUT2D eigenvalue weighted by atomic mass is 32.1. The van der Waals surface area contributed by atoms with Gasteiger partial charge in [0.1, 0.15) is 5.75 Å². The predicted molar refractivity (Wildman–Crippen MR) is 76.2 cm³/mol. The molecular formula is C14H18N2OS. The van der Waals surface area contributed by atoms with Gasteiger partial charge < -0.3 is 10.5 Å². The van der Waals surface area contributed by atoms with E-state index in [0.29, 0.717) is 13.2 Å². The minimum atomic E-state index is 0.648. The van der Waals surface area contributed by atoms with E-state index in [4.69, 9.17) is 10.5 Å². The molecule has 1 heterocycles. The molecule has 0 aliphatic heterocycles. The van der Waals surface area contributed by atoms with Crippen LogP contribution in [0.4, 0.5) is 0 Å². The number of rotatable bonds is 5. The maximum atomic E-state index is 5.54. The molecule has 1 aromatic carbocycles. The summed E-state index contributed by atoms with van der Waals surface area (Å²) in [7, 11) is 0. The van der Waals surface area contributed by atoms with Crippen LogP contribution in [0, 0.1) is 6.92 Å². The van der Waals surface area contributed by atoms with Gasteiger partial charge in [-0.25, -0.2) is 4.98 Å². The maximum absolute atomic E-state index is 5.54. The van der Waals surface area contributed by atoms with Crippen molar-refractivity contribution >= 4 is 11.3 Å². The van der Waals surface area contributed by atoms with Crippen LogP contribution in [0.5, 0.6) is 5.75 Å². The van der Waals surface area contributed by atoms with Crippen LogP contribution < -0.4 is 10.5 Å². The topological polar surface area (TPSA) is 48.1 Å². The van der Waals surface area contributed by atoms with Crippen molar-refractivity contribution in [2.45, 2.75) is 20.3 Å². The van der Waals surface area contributed by atoms with Crippen LogP contribution in [0.15, 0.2) is 23.6 Å². The fourth-order valence-corrected chi connectivity index (χ4v) is 2.63. The molecule has 0 radical (unpaired) electrons. The maximum Gasteiger partial charge on any atom is 0.122 e. The second kappa shape index (κ2) is 5.98. The summed E-state index contributed by atoms with van der Waals surface area (Å²) in [5.74, 6) is 0.943. The lowest BCUT2D eigenvalue weighted by molar-refractivity contribution is 0.338. The van der Waals surface area contributed by atoms with E-state index in [2.05, 4.69) is 29.4 Å². The number of hydrogen-bond donors (Lipinski definition) is 1. The zero-order chi connectivity index (χ0) is 13.0. The molecule has 0 saturated heterocycles. The largest absolute Gasteiger partial charge is 0.494 e. The zero-order valence-corrected chi connectivity index (χ0v) is 11.6. The van der Waals surface area contributed by atoms with Crippen molar-refractivity contribution in [3.05, 3.63) is 34.2 Å². The van der Waals surface area contributed by atoms with E-state index in [0.717, 1.165) is 34.0 Å². The summed E-state index contributed by atoms with van der Waals surface area (Å²) < 4.78 is 5.54. The molecule has 0 spiro atoms. The van der Waals surface area contributed by atoms with Gasteiger partial charge in [0, 0.05) is 17.4 Å². The van der Waals surface area contributed by atoms with E-state index in [-0.39, 0.29) is 0 Å². The summed E-state index contributed by atoms with van der Waals surface area (Å²) in [6.07, 6.45) is 0.848. The SMILES string of the molecule is CCOc1ccc(-c2csc(CCN)n2)cc1C. The lowest BCUT2D eigenvalue weighted by atomic mass is 10.1. The standard InChI is InChI=1S/C14H18N2OS/c1-3-17-13-5-4-11(8-10(13)2)12-9-18-14(16-12)6-7-15/h4-5,8-9H,3,6-7,15H2,1-2H3. The lowest BCUT2D eigenvalue weighted by Gasteiger charge is -2.07. The Balaban J connectivity index is 2.24. The molecule has 2 N–H and O–H groups in total. The number of nitrogens with zero attached hydrogens (tertiary/aromatic N) is 1. The highest BCUT2D eigenvalue weighted by Crippen LogP contribution is 2.27. The lowest BCUT2D eigenvalue weighted by Crippen LogP contribution is -2.02. The first-order valence-corrected chi connectivity index (χ1v) is 7.01. The number of benzene rings is 1. The summed E-state index contributed by atoms with van der Waals surface area (Å²) in [4.78, 5) is 4.58. The van der Waals surface area contributed by atoms with Gasteiger partial charge >= 0.3 is 0 Å². The summed E-state index contributed by atoms with van der Waals surface area (Å²) in [6.45, 7) is 5.39. The third-order valence-corrected chi connectivity index (χ3v) is 3.59. The molecule has 0 bridgehead atoms. The number of aromatic nitrogens is 1. The first-order valence-electron chi connectivity index (χ1n) is 6.13. The van der Waals surface area contributed by atoms with Crippen molar-refractivity contribution in [1.82, 2.24) is 4.98 Å². The molecule has 0 fully saturated rings. The Kier molecular flexibility index (Phi) is 4.33. The highest BCUT2D eigenvalue weighted by molar-refractivity contribution is 7.09. The minimum absolute atomic E-state index is 0.648. The Labute approximate surface area is 112 Å².